The van der Waals surface area contributed by atoms with Gasteiger partial charge in [-0.2, -0.15) is 0 Å². The predicted octanol–water partition coefficient (Wildman–Crippen LogP) is 6.31. The molecule has 0 N–H and O–H groups in total. The fraction of sp³-hybridized carbons (Fsp3) is 0.667. The van der Waals surface area contributed by atoms with Crippen LogP contribution in [0, 0.1) is 0 Å². The second kappa shape index (κ2) is 11.5. The molecular formula is C18H29Br. The van der Waals surface area contributed by atoms with Gasteiger partial charge in [-0.05, 0) is 36.8 Å². The monoisotopic (exact) mass is 324 g/mol. The SMILES string of the molecule is CCc1ccc(CCCCCCCCCCBr)cc1. The summed E-state index contributed by atoms with van der Waals surface area (Å²) in [6.45, 7) is 2.22. The first-order valence-corrected chi connectivity index (χ1v) is 9.12. The molecule has 0 bridgehead atoms. The van der Waals surface area contributed by atoms with E-state index in [2.05, 4.69) is 47.1 Å². The van der Waals surface area contributed by atoms with Crippen LogP contribution in [0.15, 0.2) is 24.3 Å². The Kier molecular flexibility index (Phi) is 10.2. The number of rotatable bonds is 11. The van der Waals surface area contributed by atoms with Gasteiger partial charge in [-0.15, -0.1) is 0 Å². The van der Waals surface area contributed by atoms with Gasteiger partial charge in [0, 0.05) is 5.33 Å². The molecule has 0 aliphatic rings. The third-order valence-electron chi connectivity index (χ3n) is 3.78. The Balaban J connectivity index is 1.95. The minimum absolute atomic E-state index is 1.15. The van der Waals surface area contributed by atoms with Crippen LogP contribution in [0.1, 0.15) is 69.4 Å². The van der Waals surface area contributed by atoms with E-state index < -0.39 is 0 Å². The molecule has 0 heterocycles. The lowest BCUT2D eigenvalue weighted by Crippen LogP contribution is -1.88. The van der Waals surface area contributed by atoms with E-state index >= 15 is 0 Å². The average molecular weight is 325 g/mol. The minimum atomic E-state index is 1.15. The van der Waals surface area contributed by atoms with Crippen LogP contribution in [0.2, 0.25) is 0 Å². The van der Waals surface area contributed by atoms with Gasteiger partial charge in [0.15, 0.2) is 0 Å². The summed E-state index contributed by atoms with van der Waals surface area (Å²) in [5.41, 5.74) is 2.96. The fourth-order valence-electron chi connectivity index (χ4n) is 2.43. The first-order valence-electron chi connectivity index (χ1n) is 8.00. The van der Waals surface area contributed by atoms with Gasteiger partial charge in [0.05, 0.1) is 0 Å². The minimum Gasteiger partial charge on any atom is -0.0928 e. The van der Waals surface area contributed by atoms with Gasteiger partial charge >= 0.3 is 0 Å². The van der Waals surface area contributed by atoms with Crippen molar-refractivity contribution in [3.05, 3.63) is 35.4 Å². The van der Waals surface area contributed by atoms with Crippen molar-refractivity contribution < 1.29 is 0 Å². The smallest absolute Gasteiger partial charge is 0.00313 e. The van der Waals surface area contributed by atoms with Crippen LogP contribution < -0.4 is 0 Å². The van der Waals surface area contributed by atoms with Crippen molar-refractivity contribution in [3.8, 4) is 0 Å². The second-order valence-electron chi connectivity index (χ2n) is 5.44. The zero-order valence-electron chi connectivity index (χ0n) is 12.5. The Morgan fingerprint density at radius 2 is 1.16 bits per heavy atom. The maximum atomic E-state index is 3.48. The fourth-order valence-corrected chi connectivity index (χ4v) is 2.82. The maximum Gasteiger partial charge on any atom is 0.00313 e. The predicted molar refractivity (Wildman–Crippen MR) is 90.3 cm³/mol. The number of unbranched alkanes of at least 4 members (excludes halogenated alkanes) is 7. The Hall–Kier alpha value is -0.300. The third-order valence-corrected chi connectivity index (χ3v) is 4.34. The topological polar surface area (TPSA) is 0 Å². The van der Waals surface area contributed by atoms with E-state index in [0.29, 0.717) is 0 Å². The summed E-state index contributed by atoms with van der Waals surface area (Å²) in [6, 6.07) is 9.16. The third kappa shape index (κ3) is 8.47. The Bertz CT molecular complexity index is 302. The summed E-state index contributed by atoms with van der Waals surface area (Å²) in [5, 5.41) is 1.17. The number of hydrogen-bond acceptors (Lipinski definition) is 0. The molecule has 1 rings (SSSR count). The average Bonchev–Trinajstić information content (AvgIpc) is 2.46. The molecule has 0 spiro atoms. The van der Waals surface area contributed by atoms with E-state index in [1.54, 1.807) is 0 Å². The summed E-state index contributed by atoms with van der Waals surface area (Å²) in [7, 11) is 0. The van der Waals surface area contributed by atoms with Crippen LogP contribution >= 0.6 is 15.9 Å². The molecule has 0 radical (unpaired) electrons. The maximum absolute atomic E-state index is 3.48. The molecule has 0 amide bonds. The van der Waals surface area contributed by atoms with E-state index in [1.807, 2.05) is 0 Å². The van der Waals surface area contributed by atoms with Crippen LogP contribution in [-0.2, 0) is 12.8 Å². The Morgan fingerprint density at radius 3 is 1.68 bits per heavy atom. The van der Waals surface area contributed by atoms with Crippen LogP contribution in [-0.4, -0.2) is 5.33 Å². The highest BCUT2D eigenvalue weighted by Gasteiger charge is 1.95. The zero-order chi connectivity index (χ0) is 13.8. The molecule has 0 saturated heterocycles. The van der Waals surface area contributed by atoms with Crippen molar-refractivity contribution in [2.75, 3.05) is 5.33 Å². The molecule has 0 aliphatic heterocycles. The molecule has 0 saturated carbocycles. The quantitative estimate of drug-likeness (QED) is 0.330. The Morgan fingerprint density at radius 1 is 0.684 bits per heavy atom. The highest BCUT2D eigenvalue weighted by atomic mass is 79.9. The molecule has 108 valence electrons. The van der Waals surface area contributed by atoms with Gasteiger partial charge in [0.25, 0.3) is 0 Å². The largest absolute Gasteiger partial charge is 0.0928 e. The van der Waals surface area contributed by atoms with E-state index in [1.165, 1.54) is 74.2 Å². The second-order valence-corrected chi connectivity index (χ2v) is 6.23. The van der Waals surface area contributed by atoms with Crippen LogP contribution in [0.4, 0.5) is 0 Å². The molecular weight excluding hydrogens is 296 g/mol. The first-order chi connectivity index (χ1) is 9.36. The highest BCUT2D eigenvalue weighted by molar-refractivity contribution is 9.09. The zero-order valence-corrected chi connectivity index (χ0v) is 14.1. The molecule has 1 heteroatoms. The number of benzene rings is 1. The van der Waals surface area contributed by atoms with Crippen molar-refractivity contribution in [3.63, 3.8) is 0 Å². The van der Waals surface area contributed by atoms with Gasteiger partial charge in [0.2, 0.25) is 0 Å². The lowest BCUT2D eigenvalue weighted by Gasteiger charge is -2.04. The van der Waals surface area contributed by atoms with Crippen LogP contribution in [0.5, 0.6) is 0 Å². The van der Waals surface area contributed by atoms with Crippen LogP contribution in [0.25, 0.3) is 0 Å². The van der Waals surface area contributed by atoms with Gasteiger partial charge < -0.3 is 0 Å². The standard InChI is InChI=1S/C18H29Br/c1-2-17-12-14-18(15-13-17)11-9-7-5-3-4-6-8-10-16-19/h12-15H,2-11,16H2,1H3. The highest BCUT2D eigenvalue weighted by Crippen LogP contribution is 2.12. The summed E-state index contributed by atoms with van der Waals surface area (Å²) in [5.74, 6) is 0. The molecule has 0 nitrogen and oxygen atoms in total. The van der Waals surface area contributed by atoms with Gasteiger partial charge in [-0.25, -0.2) is 0 Å². The normalized spacial score (nSPS) is 10.8. The lowest BCUT2D eigenvalue weighted by atomic mass is 10.0. The molecule has 0 atom stereocenters. The van der Waals surface area contributed by atoms with Gasteiger partial charge in [0.1, 0.15) is 0 Å². The summed E-state index contributed by atoms with van der Waals surface area (Å²) < 4.78 is 0. The van der Waals surface area contributed by atoms with E-state index in [4.69, 9.17) is 0 Å². The van der Waals surface area contributed by atoms with Crippen molar-refractivity contribution in [2.24, 2.45) is 0 Å². The molecule has 1 aromatic carbocycles. The lowest BCUT2D eigenvalue weighted by molar-refractivity contribution is 0.577. The summed E-state index contributed by atoms with van der Waals surface area (Å²) >= 11 is 3.48. The molecule has 0 unspecified atom stereocenters. The number of halogens is 1. The van der Waals surface area contributed by atoms with Gasteiger partial charge in [-0.1, -0.05) is 85.6 Å². The van der Waals surface area contributed by atoms with E-state index in [9.17, 15) is 0 Å². The summed E-state index contributed by atoms with van der Waals surface area (Å²) in [4.78, 5) is 0. The van der Waals surface area contributed by atoms with Gasteiger partial charge in [-0.3, -0.25) is 0 Å². The molecule has 19 heavy (non-hydrogen) atoms. The van der Waals surface area contributed by atoms with Crippen molar-refractivity contribution in [2.45, 2.75) is 71.1 Å². The number of aryl methyl sites for hydroxylation is 2. The first kappa shape index (κ1) is 16.8. The van der Waals surface area contributed by atoms with Crippen molar-refractivity contribution >= 4 is 15.9 Å². The number of hydrogen-bond donors (Lipinski definition) is 0. The Labute approximate surface area is 128 Å². The molecule has 0 aromatic heterocycles. The molecule has 1 aromatic rings. The van der Waals surface area contributed by atoms with Crippen molar-refractivity contribution in [1.29, 1.82) is 0 Å². The summed E-state index contributed by atoms with van der Waals surface area (Å²) in [6.07, 6.45) is 13.6. The van der Waals surface area contributed by atoms with Crippen LogP contribution in [0.3, 0.4) is 0 Å². The van der Waals surface area contributed by atoms with Crippen molar-refractivity contribution in [1.82, 2.24) is 0 Å². The molecule has 0 aliphatic carbocycles. The van der Waals surface area contributed by atoms with E-state index in [-0.39, 0.29) is 0 Å². The van der Waals surface area contributed by atoms with E-state index in [0.717, 1.165) is 6.42 Å². The number of alkyl halides is 1. The molecule has 0 fully saturated rings.